The van der Waals surface area contributed by atoms with E-state index in [9.17, 15) is 4.79 Å². The third kappa shape index (κ3) is 4.90. The van der Waals surface area contributed by atoms with Gasteiger partial charge in [-0.3, -0.25) is 9.36 Å². The van der Waals surface area contributed by atoms with Gasteiger partial charge in [0.2, 0.25) is 5.95 Å². The molecule has 2 aliphatic rings. The van der Waals surface area contributed by atoms with Crippen LogP contribution in [0.4, 0.5) is 5.95 Å². The molecule has 4 heterocycles. The monoisotopic (exact) mass is 468 g/mol. The molecule has 33 heavy (non-hydrogen) atoms. The number of fused-ring (bicyclic) bond motifs is 1. The third-order valence-electron chi connectivity index (χ3n) is 6.93. The summed E-state index contributed by atoms with van der Waals surface area (Å²) in [6.07, 6.45) is 5.87. The first-order chi connectivity index (χ1) is 15.6. The smallest absolute Gasteiger partial charge is 0.260 e. The lowest BCUT2D eigenvalue weighted by atomic mass is 9.99. The molecule has 1 aromatic carbocycles. The van der Waals surface area contributed by atoms with E-state index in [1.54, 1.807) is 0 Å². The highest BCUT2D eigenvalue weighted by atomic mass is 35.5. The van der Waals surface area contributed by atoms with Crippen LogP contribution >= 0.6 is 12.4 Å². The Morgan fingerprint density at radius 2 is 1.79 bits per heavy atom. The van der Waals surface area contributed by atoms with Crippen molar-refractivity contribution in [3.05, 3.63) is 52.4 Å². The molecule has 8 heteroatoms. The normalized spacial score (nSPS) is 18.2. The van der Waals surface area contributed by atoms with Crippen LogP contribution in [0.25, 0.3) is 22.2 Å². The van der Waals surface area contributed by atoms with Crippen molar-refractivity contribution >= 4 is 29.4 Å². The highest BCUT2D eigenvalue weighted by Crippen LogP contribution is 2.28. The van der Waals surface area contributed by atoms with E-state index in [0.717, 1.165) is 79.6 Å². The van der Waals surface area contributed by atoms with E-state index in [0.29, 0.717) is 12.0 Å². The SMILES string of the molecule is Cc1ccccc1-c1cc2cnc(NC3CCNCC3)nc2n(C2CCN(C)CC2)c1=O.Cl. The maximum Gasteiger partial charge on any atom is 0.260 e. The van der Waals surface area contributed by atoms with E-state index < -0.39 is 0 Å². The zero-order chi connectivity index (χ0) is 22.1. The van der Waals surface area contributed by atoms with Crippen molar-refractivity contribution in [3.8, 4) is 11.1 Å². The van der Waals surface area contributed by atoms with Crippen molar-refractivity contribution in [2.45, 2.75) is 44.7 Å². The van der Waals surface area contributed by atoms with Gasteiger partial charge in [-0.2, -0.15) is 4.98 Å². The fourth-order valence-electron chi connectivity index (χ4n) is 5.00. The molecule has 2 aliphatic heterocycles. The molecular weight excluding hydrogens is 436 g/mol. The molecule has 176 valence electrons. The first kappa shape index (κ1) is 23.7. The summed E-state index contributed by atoms with van der Waals surface area (Å²) in [6, 6.07) is 10.6. The Labute approximate surface area is 201 Å². The Hall–Kier alpha value is -2.48. The molecule has 0 bridgehead atoms. The maximum atomic E-state index is 13.9. The van der Waals surface area contributed by atoms with Gasteiger partial charge in [-0.25, -0.2) is 4.98 Å². The summed E-state index contributed by atoms with van der Waals surface area (Å²) >= 11 is 0. The number of likely N-dealkylation sites (tertiary alicyclic amines) is 1. The number of piperidine rings is 2. The molecule has 2 N–H and O–H groups in total. The van der Waals surface area contributed by atoms with Crippen LogP contribution in [-0.4, -0.2) is 58.7 Å². The van der Waals surface area contributed by atoms with Crippen LogP contribution in [0.2, 0.25) is 0 Å². The third-order valence-corrected chi connectivity index (χ3v) is 6.93. The molecule has 3 aromatic rings. The molecule has 0 radical (unpaired) electrons. The second-order valence-corrected chi connectivity index (χ2v) is 9.22. The lowest BCUT2D eigenvalue weighted by Gasteiger charge is -2.31. The molecule has 7 nitrogen and oxygen atoms in total. The van der Waals surface area contributed by atoms with Crippen LogP contribution in [0.3, 0.4) is 0 Å². The summed E-state index contributed by atoms with van der Waals surface area (Å²) in [7, 11) is 2.14. The van der Waals surface area contributed by atoms with Gasteiger partial charge in [-0.15, -0.1) is 12.4 Å². The van der Waals surface area contributed by atoms with Crippen LogP contribution in [0, 0.1) is 6.92 Å². The Bertz CT molecular complexity index is 1170. The lowest BCUT2D eigenvalue weighted by Crippen LogP contribution is -2.37. The molecule has 0 atom stereocenters. The predicted molar refractivity (Wildman–Crippen MR) is 137 cm³/mol. The van der Waals surface area contributed by atoms with E-state index in [-0.39, 0.29) is 24.0 Å². The average molecular weight is 469 g/mol. The first-order valence-electron chi connectivity index (χ1n) is 11.7. The number of hydrogen-bond donors (Lipinski definition) is 2. The summed E-state index contributed by atoms with van der Waals surface area (Å²) in [5, 5.41) is 7.80. The summed E-state index contributed by atoms with van der Waals surface area (Å²) in [5.74, 6) is 0.620. The molecule has 2 saturated heterocycles. The number of rotatable bonds is 4. The number of aryl methyl sites for hydroxylation is 1. The molecule has 5 rings (SSSR count). The Kier molecular flexibility index (Phi) is 7.32. The minimum Gasteiger partial charge on any atom is -0.351 e. The van der Waals surface area contributed by atoms with Crippen molar-refractivity contribution in [2.75, 3.05) is 38.5 Å². The van der Waals surface area contributed by atoms with E-state index in [2.05, 4.69) is 40.6 Å². The zero-order valence-corrected chi connectivity index (χ0v) is 20.2. The van der Waals surface area contributed by atoms with E-state index in [4.69, 9.17) is 4.98 Å². The van der Waals surface area contributed by atoms with Crippen LogP contribution in [-0.2, 0) is 0 Å². The Morgan fingerprint density at radius 3 is 2.52 bits per heavy atom. The van der Waals surface area contributed by atoms with Gasteiger partial charge in [0.15, 0.2) is 0 Å². The van der Waals surface area contributed by atoms with Crippen LogP contribution < -0.4 is 16.2 Å². The number of pyridine rings is 1. The van der Waals surface area contributed by atoms with Gasteiger partial charge in [0, 0.05) is 29.2 Å². The number of nitrogens with zero attached hydrogens (tertiary/aromatic N) is 4. The summed E-state index contributed by atoms with van der Waals surface area (Å²) in [5.41, 5.74) is 3.61. The van der Waals surface area contributed by atoms with Crippen LogP contribution in [0.1, 0.15) is 37.3 Å². The topological polar surface area (TPSA) is 75.1 Å². The number of nitrogens with one attached hydrogen (secondary N) is 2. The van der Waals surface area contributed by atoms with Crippen molar-refractivity contribution in [3.63, 3.8) is 0 Å². The quantitative estimate of drug-likeness (QED) is 0.609. The van der Waals surface area contributed by atoms with E-state index in [1.165, 1.54) is 0 Å². The molecule has 0 unspecified atom stereocenters. The predicted octanol–water partition coefficient (Wildman–Crippen LogP) is 3.62. The standard InChI is InChI=1S/C25H32N6O.ClH/c1-17-5-3-4-6-21(17)22-15-18-16-27-25(28-19-7-11-26-12-8-19)29-23(18)31(24(22)32)20-9-13-30(2)14-10-20;/h3-6,15-16,19-20,26H,7-14H2,1-2H3,(H,27,28,29);1H. The lowest BCUT2D eigenvalue weighted by molar-refractivity contribution is 0.221. The van der Waals surface area contributed by atoms with Crippen LogP contribution in [0.15, 0.2) is 41.3 Å². The zero-order valence-electron chi connectivity index (χ0n) is 19.4. The van der Waals surface area contributed by atoms with Gasteiger partial charge < -0.3 is 15.5 Å². The fourth-order valence-corrected chi connectivity index (χ4v) is 5.00. The highest BCUT2D eigenvalue weighted by Gasteiger charge is 2.24. The number of halogens is 1. The molecule has 0 amide bonds. The van der Waals surface area contributed by atoms with E-state index >= 15 is 0 Å². The minimum atomic E-state index is 0. The largest absolute Gasteiger partial charge is 0.351 e. The van der Waals surface area contributed by atoms with Gasteiger partial charge in [0.05, 0.1) is 0 Å². The average Bonchev–Trinajstić information content (AvgIpc) is 2.81. The number of anilines is 1. The molecule has 0 spiro atoms. The van der Waals surface area contributed by atoms with Gasteiger partial charge in [-0.1, -0.05) is 24.3 Å². The second kappa shape index (κ2) is 10.2. The van der Waals surface area contributed by atoms with Gasteiger partial charge >= 0.3 is 0 Å². The number of hydrogen-bond acceptors (Lipinski definition) is 6. The number of aromatic nitrogens is 3. The summed E-state index contributed by atoms with van der Waals surface area (Å²) in [6.45, 7) is 6.04. The van der Waals surface area contributed by atoms with Gasteiger partial charge in [0.25, 0.3) is 5.56 Å². The Morgan fingerprint density at radius 1 is 1.06 bits per heavy atom. The molecular formula is C25H33ClN6O. The molecule has 2 fully saturated rings. The summed E-state index contributed by atoms with van der Waals surface area (Å²) < 4.78 is 1.96. The van der Waals surface area contributed by atoms with Gasteiger partial charge in [-0.05, 0) is 83.0 Å². The first-order valence-corrected chi connectivity index (χ1v) is 11.7. The number of benzene rings is 1. The molecule has 2 aromatic heterocycles. The minimum absolute atomic E-state index is 0. The van der Waals surface area contributed by atoms with Crippen molar-refractivity contribution in [2.24, 2.45) is 0 Å². The van der Waals surface area contributed by atoms with Crippen molar-refractivity contribution in [1.82, 2.24) is 24.8 Å². The Balaban J connectivity index is 0.00000259. The maximum absolute atomic E-state index is 13.9. The van der Waals surface area contributed by atoms with Crippen molar-refractivity contribution < 1.29 is 0 Å². The summed E-state index contributed by atoms with van der Waals surface area (Å²) in [4.78, 5) is 25.7. The van der Waals surface area contributed by atoms with Crippen molar-refractivity contribution in [1.29, 1.82) is 0 Å². The molecule has 0 aliphatic carbocycles. The van der Waals surface area contributed by atoms with Gasteiger partial charge in [0.1, 0.15) is 5.65 Å². The fraction of sp³-hybridized carbons (Fsp3) is 0.480. The highest BCUT2D eigenvalue weighted by molar-refractivity contribution is 5.85. The molecule has 0 saturated carbocycles. The van der Waals surface area contributed by atoms with E-state index in [1.807, 2.05) is 35.0 Å². The second-order valence-electron chi connectivity index (χ2n) is 9.22. The van der Waals surface area contributed by atoms with Crippen LogP contribution in [0.5, 0.6) is 0 Å².